The van der Waals surface area contributed by atoms with Gasteiger partial charge in [-0.2, -0.15) is 0 Å². The minimum atomic E-state index is -0.506. The highest BCUT2D eigenvalue weighted by Crippen LogP contribution is 2.07. The van der Waals surface area contributed by atoms with Gasteiger partial charge in [-0.25, -0.2) is 4.79 Å². The number of allylic oxidation sites excluding steroid dienone is 1. The number of fused-ring (bicyclic) bond motifs is 1. The molecule has 2 rings (SSSR count). The lowest BCUT2D eigenvalue weighted by Gasteiger charge is -2.14. The number of rotatable bonds is 6. The van der Waals surface area contributed by atoms with Crippen molar-refractivity contribution in [1.82, 2.24) is 14.5 Å². The van der Waals surface area contributed by atoms with Crippen molar-refractivity contribution in [1.29, 1.82) is 0 Å². The SMILES string of the molecule is C=CCn1c(=O)c2ccccc2n(CC(=O)NCC(C)C)c1=O. The van der Waals surface area contributed by atoms with Crippen molar-refractivity contribution in [3.05, 3.63) is 57.8 Å². The van der Waals surface area contributed by atoms with Crippen LogP contribution in [0.3, 0.4) is 0 Å². The zero-order valence-electron chi connectivity index (χ0n) is 13.4. The highest BCUT2D eigenvalue weighted by Gasteiger charge is 2.14. The van der Waals surface area contributed by atoms with Crippen LogP contribution < -0.4 is 16.6 Å². The van der Waals surface area contributed by atoms with Gasteiger partial charge < -0.3 is 5.32 Å². The first kappa shape index (κ1) is 16.7. The smallest absolute Gasteiger partial charge is 0.332 e. The molecule has 0 saturated heterocycles. The summed E-state index contributed by atoms with van der Waals surface area (Å²) in [6.45, 7) is 8.08. The van der Waals surface area contributed by atoms with E-state index in [1.165, 1.54) is 10.6 Å². The second-order valence-corrected chi connectivity index (χ2v) is 5.79. The summed E-state index contributed by atoms with van der Waals surface area (Å²) in [7, 11) is 0. The average Bonchev–Trinajstić information content (AvgIpc) is 2.53. The number of amides is 1. The number of aromatic nitrogens is 2. The van der Waals surface area contributed by atoms with E-state index in [2.05, 4.69) is 11.9 Å². The highest BCUT2D eigenvalue weighted by molar-refractivity contribution is 5.81. The van der Waals surface area contributed by atoms with Crippen molar-refractivity contribution >= 4 is 16.8 Å². The van der Waals surface area contributed by atoms with Gasteiger partial charge in [0.1, 0.15) is 6.54 Å². The summed E-state index contributed by atoms with van der Waals surface area (Å²) in [5, 5.41) is 3.19. The number of nitrogens with zero attached hydrogens (tertiary/aromatic N) is 2. The fourth-order valence-electron chi connectivity index (χ4n) is 2.33. The molecule has 1 aromatic carbocycles. The third kappa shape index (κ3) is 3.59. The first-order valence-electron chi connectivity index (χ1n) is 7.55. The predicted molar refractivity (Wildman–Crippen MR) is 90.5 cm³/mol. The lowest BCUT2D eigenvalue weighted by atomic mass is 10.2. The molecule has 0 bridgehead atoms. The fraction of sp³-hybridized carbons (Fsp3) is 0.353. The summed E-state index contributed by atoms with van der Waals surface area (Å²) in [6, 6.07) is 6.79. The van der Waals surface area contributed by atoms with E-state index in [9.17, 15) is 14.4 Å². The van der Waals surface area contributed by atoms with Crippen LogP contribution in [0.1, 0.15) is 13.8 Å². The molecule has 122 valence electrons. The van der Waals surface area contributed by atoms with Gasteiger partial charge in [-0.15, -0.1) is 6.58 Å². The number of carbonyl (C=O) groups is 1. The molecule has 1 amide bonds. The second kappa shape index (κ2) is 7.09. The maximum absolute atomic E-state index is 12.6. The van der Waals surface area contributed by atoms with Crippen LogP contribution in [0.4, 0.5) is 0 Å². The Bertz CT molecular complexity index is 846. The summed E-state index contributed by atoms with van der Waals surface area (Å²) in [4.78, 5) is 37.0. The topological polar surface area (TPSA) is 73.1 Å². The molecular formula is C17H21N3O3. The maximum Gasteiger partial charge on any atom is 0.332 e. The Morgan fingerprint density at radius 1 is 1.26 bits per heavy atom. The Morgan fingerprint density at radius 2 is 1.96 bits per heavy atom. The molecule has 2 aromatic rings. The third-order valence-corrected chi connectivity index (χ3v) is 3.45. The normalized spacial score (nSPS) is 10.9. The van der Waals surface area contributed by atoms with E-state index < -0.39 is 5.69 Å². The van der Waals surface area contributed by atoms with Crippen molar-refractivity contribution in [3.63, 3.8) is 0 Å². The van der Waals surface area contributed by atoms with Crippen molar-refractivity contribution < 1.29 is 4.79 Å². The van der Waals surface area contributed by atoms with Gasteiger partial charge in [0.15, 0.2) is 0 Å². The summed E-state index contributed by atoms with van der Waals surface area (Å²) < 4.78 is 2.42. The Balaban J connectivity index is 2.53. The molecule has 0 atom stereocenters. The maximum atomic E-state index is 12.6. The number of benzene rings is 1. The molecule has 0 spiro atoms. The standard InChI is InChI=1S/C17H21N3O3/c1-4-9-19-16(22)13-7-5-6-8-14(13)20(17(19)23)11-15(21)18-10-12(2)3/h4-8,12H,1,9-11H2,2-3H3,(H,18,21). The third-order valence-electron chi connectivity index (χ3n) is 3.45. The molecule has 0 aliphatic carbocycles. The molecule has 1 aromatic heterocycles. The van der Waals surface area contributed by atoms with Crippen LogP contribution in [-0.4, -0.2) is 21.6 Å². The molecule has 6 nitrogen and oxygen atoms in total. The average molecular weight is 315 g/mol. The van der Waals surface area contributed by atoms with Gasteiger partial charge >= 0.3 is 5.69 Å². The fourth-order valence-corrected chi connectivity index (χ4v) is 2.33. The van der Waals surface area contributed by atoms with Crippen LogP contribution in [0, 0.1) is 5.92 Å². The van der Waals surface area contributed by atoms with Gasteiger partial charge in [0.05, 0.1) is 10.9 Å². The highest BCUT2D eigenvalue weighted by atomic mass is 16.2. The minimum Gasteiger partial charge on any atom is -0.354 e. The number of hydrogen-bond acceptors (Lipinski definition) is 3. The molecule has 1 N–H and O–H groups in total. The van der Waals surface area contributed by atoms with Gasteiger partial charge in [-0.1, -0.05) is 32.1 Å². The van der Waals surface area contributed by atoms with Crippen LogP contribution >= 0.6 is 0 Å². The van der Waals surface area contributed by atoms with Crippen molar-refractivity contribution in [3.8, 4) is 0 Å². The number of nitrogens with one attached hydrogen (secondary N) is 1. The Hall–Kier alpha value is -2.63. The number of carbonyl (C=O) groups excluding carboxylic acids is 1. The van der Waals surface area contributed by atoms with Crippen LogP contribution in [0.25, 0.3) is 10.9 Å². The zero-order chi connectivity index (χ0) is 17.0. The molecular weight excluding hydrogens is 294 g/mol. The summed E-state index contributed by atoms with van der Waals surface area (Å²) in [6.07, 6.45) is 1.49. The molecule has 0 unspecified atom stereocenters. The molecule has 6 heteroatoms. The summed E-state index contributed by atoms with van der Waals surface area (Å²) >= 11 is 0. The van der Waals surface area contributed by atoms with E-state index in [-0.39, 0.29) is 24.6 Å². The van der Waals surface area contributed by atoms with E-state index in [1.54, 1.807) is 24.3 Å². The number of hydrogen-bond donors (Lipinski definition) is 1. The molecule has 0 aliphatic heterocycles. The quantitative estimate of drug-likeness (QED) is 0.812. The first-order chi connectivity index (χ1) is 11.0. The molecule has 0 fully saturated rings. The monoisotopic (exact) mass is 315 g/mol. The lowest BCUT2D eigenvalue weighted by molar-refractivity contribution is -0.121. The zero-order valence-corrected chi connectivity index (χ0v) is 13.4. The molecule has 0 saturated carbocycles. The van der Waals surface area contributed by atoms with Crippen LogP contribution in [0.15, 0.2) is 46.5 Å². The molecule has 23 heavy (non-hydrogen) atoms. The van der Waals surface area contributed by atoms with Crippen molar-refractivity contribution in [2.24, 2.45) is 5.92 Å². The van der Waals surface area contributed by atoms with Gasteiger partial charge in [-0.05, 0) is 18.1 Å². The van der Waals surface area contributed by atoms with E-state index in [0.29, 0.717) is 23.4 Å². The molecule has 0 radical (unpaired) electrons. The molecule has 1 heterocycles. The van der Waals surface area contributed by atoms with E-state index in [1.807, 2.05) is 13.8 Å². The summed E-state index contributed by atoms with van der Waals surface area (Å²) in [5.74, 6) is 0.0666. The lowest BCUT2D eigenvalue weighted by Crippen LogP contribution is -2.42. The molecule has 0 aliphatic rings. The Kier molecular flexibility index (Phi) is 5.16. The van der Waals surface area contributed by atoms with Crippen molar-refractivity contribution in [2.75, 3.05) is 6.54 Å². The van der Waals surface area contributed by atoms with Crippen molar-refractivity contribution in [2.45, 2.75) is 26.9 Å². The summed E-state index contributed by atoms with van der Waals surface area (Å²) in [5.41, 5.74) is -0.417. The number of para-hydroxylation sites is 1. The van der Waals surface area contributed by atoms with Crippen LogP contribution in [0.2, 0.25) is 0 Å². The largest absolute Gasteiger partial charge is 0.354 e. The van der Waals surface area contributed by atoms with Gasteiger partial charge in [0.25, 0.3) is 5.56 Å². The van der Waals surface area contributed by atoms with Crippen LogP contribution in [0.5, 0.6) is 0 Å². The van der Waals surface area contributed by atoms with E-state index in [0.717, 1.165) is 4.57 Å². The predicted octanol–water partition coefficient (Wildman–Crippen LogP) is 1.12. The second-order valence-electron chi connectivity index (χ2n) is 5.79. The van der Waals surface area contributed by atoms with Gasteiger partial charge in [0, 0.05) is 13.1 Å². The van der Waals surface area contributed by atoms with Gasteiger partial charge in [-0.3, -0.25) is 18.7 Å². The van der Waals surface area contributed by atoms with E-state index in [4.69, 9.17) is 0 Å². The van der Waals surface area contributed by atoms with Gasteiger partial charge in [0.2, 0.25) is 5.91 Å². The Labute approximate surface area is 134 Å². The van der Waals surface area contributed by atoms with E-state index >= 15 is 0 Å². The minimum absolute atomic E-state index is 0.107. The first-order valence-corrected chi connectivity index (χ1v) is 7.55. The van der Waals surface area contributed by atoms with Crippen LogP contribution in [-0.2, 0) is 17.9 Å². The Morgan fingerprint density at radius 3 is 2.61 bits per heavy atom.